The third kappa shape index (κ3) is 3.96. The van der Waals surface area contributed by atoms with Gasteiger partial charge in [-0.25, -0.2) is 13.5 Å². The Morgan fingerprint density at radius 2 is 1.85 bits per heavy atom. The van der Waals surface area contributed by atoms with Crippen molar-refractivity contribution in [2.24, 2.45) is 0 Å². The number of fused-ring (bicyclic) bond motifs is 1. The molecule has 0 fully saturated rings. The van der Waals surface area contributed by atoms with Crippen LogP contribution in [0, 0.1) is 5.82 Å². The fraction of sp³-hybridized carbons (Fsp3) is 0.200. The van der Waals surface area contributed by atoms with Crippen LogP contribution in [0.25, 0.3) is 11.3 Å². The average Bonchev–Trinajstić information content (AvgIpc) is 3.22. The maximum atomic E-state index is 13.2. The van der Waals surface area contributed by atoms with E-state index in [1.54, 1.807) is 30.3 Å². The van der Waals surface area contributed by atoms with Crippen molar-refractivity contribution in [1.82, 2.24) is 4.57 Å². The summed E-state index contributed by atoms with van der Waals surface area (Å²) in [6.07, 6.45) is 3.92. The van der Waals surface area contributed by atoms with Gasteiger partial charge in [0.25, 0.3) is 5.82 Å². The highest BCUT2D eigenvalue weighted by Crippen LogP contribution is 2.26. The summed E-state index contributed by atoms with van der Waals surface area (Å²) in [6.45, 7) is 1.13. The van der Waals surface area contributed by atoms with Gasteiger partial charge >= 0.3 is 0 Å². The van der Waals surface area contributed by atoms with E-state index in [1.165, 1.54) is 12.1 Å². The quantitative estimate of drug-likeness (QED) is 0.422. The van der Waals surface area contributed by atoms with Crippen molar-refractivity contribution in [2.45, 2.75) is 25.9 Å². The molecule has 0 saturated carbocycles. The standard InChI is InChI=1S/C20H16Cl2FN2O.BrH/c21-16-8-5-14(10-17(16)22)19(26)12-24-11-18(25-9-1-2-20(24)25)13-3-6-15(23)7-4-13;/h3-8,10-11H,1-2,9,12H2;1H/q+1;/p-1. The van der Waals surface area contributed by atoms with Crippen molar-refractivity contribution < 1.29 is 30.7 Å². The van der Waals surface area contributed by atoms with Crippen LogP contribution in [0.15, 0.2) is 48.7 Å². The van der Waals surface area contributed by atoms with Gasteiger partial charge in [0, 0.05) is 11.1 Å². The molecule has 0 saturated heterocycles. The number of nitrogens with zero attached hydrogens (tertiary/aromatic N) is 2. The molecule has 0 atom stereocenters. The molecule has 1 aromatic heterocycles. The zero-order valence-electron chi connectivity index (χ0n) is 14.3. The number of carbonyl (C=O) groups is 1. The number of Topliss-reactive ketones (excluding diaryl/α,β-unsaturated/α-hetero) is 1. The highest BCUT2D eigenvalue weighted by atomic mass is 79.9. The maximum absolute atomic E-state index is 13.2. The second-order valence-corrected chi connectivity index (χ2v) is 7.19. The molecule has 3 aromatic rings. The van der Waals surface area contributed by atoms with E-state index in [0.29, 0.717) is 15.6 Å². The topological polar surface area (TPSA) is 25.9 Å². The zero-order valence-corrected chi connectivity index (χ0v) is 17.4. The van der Waals surface area contributed by atoms with E-state index >= 15 is 0 Å². The summed E-state index contributed by atoms with van der Waals surface area (Å²) in [5.41, 5.74) is 2.47. The smallest absolute Gasteiger partial charge is 0.257 e. The first-order valence-electron chi connectivity index (χ1n) is 8.39. The second-order valence-electron chi connectivity index (χ2n) is 6.37. The minimum absolute atomic E-state index is 0. The van der Waals surface area contributed by atoms with E-state index in [4.69, 9.17) is 23.2 Å². The molecule has 0 aliphatic carbocycles. The number of rotatable bonds is 4. The zero-order chi connectivity index (χ0) is 18.3. The first-order valence-corrected chi connectivity index (χ1v) is 9.14. The number of imidazole rings is 1. The van der Waals surface area contributed by atoms with Crippen LogP contribution in [0.2, 0.25) is 10.0 Å². The lowest BCUT2D eigenvalue weighted by atomic mass is 10.1. The van der Waals surface area contributed by atoms with Crippen LogP contribution >= 0.6 is 23.2 Å². The minimum Gasteiger partial charge on any atom is -1.00 e. The van der Waals surface area contributed by atoms with Gasteiger partial charge in [0.15, 0.2) is 12.2 Å². The Balaban J connectivity index is 0.00000210. The van der Waals surface area contributed by atoms with Gasteiger partial charge in [-0.3, -0.25) is 4.79 Å². The Morgan fingerprint density at radius 3 is 2.56 bits per heavy atom. The van der Waals surface area contributed by atoms with Crippen LogP contribution < -0.4 is 21.5 Å². The van der Waals surface area contributed by atoms with Crippen molar-refractivity contribution in [1.29, 1.82) is 0 Å². The monoisotopic (exact) mass is 468 g/mol. The van der Waals surface area contributed by atoms with Gasteiger partial charge in [0.05, 0.1) is 23.0 Å². The molecule has 27 heavy (non-hydrogen) atoms. The highest BCUT2D eigenvalue weighted by Gasteiger charge is 2.29. The molecular weight excluding hydrogens is 454 g/mol. The van der Waals surface area contributed by atoms with Gasteiger partial charge in [-0.15, -0.1) is 0 Å². The Labute approximate surface area is 177 Å². The molecule has 1 aliphatic rings. The fourth-order valence-corrected chi connectivity index (χ4v) is 3.71. The summed E-state index contributed by atoms with van der Waals surface area (Å²) in [5, 5.41) is 0.802. The number of aromatic nitrogens is 2. The maximum Gasteiger partial charge on any atom is 0.257 e. The number of benzene rings is 2. The molecule has 1 aliphatic heterocycles. The molecular formula is C20H16BrCl2FN2O. The predicted molar refractivity (Wildman–Crippen MR) is 99.1 cm³/mol. The SMILES string of the molecule is O=C(C[n+]1cc(-c2ccc(F)cc2)n2c1CCC2)c1ccc(Cl)c(Cl)c1.[Br-]. The van der Waals surface area contributed by atoms with Crippen molar-refractivity contribution in [3.8, 4) is 11.3 Å². The molecule has 0 amide bonds. The largest absolute Gasteiger partial charge is 1.00 e. The van der Waals surface area contributed by atoms with Crippen molar-refractivity contribution in [3.63, 3.8) is 0 Å². The lowest BCUT2D eigenvalue weighted by Gasteiger charge is -2.02. The summed E-state index contributed by atoms with van der Waals surface area (Å²) >= 11 is 12.0. The lowest BCUT2D eigenvalue weighted by molar-refractivity contribution is -0.689. The number of halogens is 4. The molecule has 0 bridgehead atoms. The molecule has 2 aromatic carbocycles. The summed E-state index contributed by atoms with van der Waals surface area (Å²) < 4.78 is 17.4. The van der Waals surface area contributed by atoms with Crippen LogP contribution in [0.1, 0.15) is 22.6 Å². The first kappa shape index (κ1) is 20.1. The number of hydrogen-bond acceptors (Lipinski definition) is 1. The van der Waals surface area contributed by atoms with Gasteiger partial charge in [-0.1, -0.05) is 23.2 Å². The molecule has 7 heteroatoms. The van der Waals surface area contributed by atoms with Crippen LogP contribution in [0.4, 0.5) is 4.39 Å². The minimum atomic E-state index is -0.260. The summed E-state index contributed by atoms with van der Waals surface area (Å²) in [7, 11) is 0. The molecule has 0 unspecified atom stereocenters. The molecule has 2 heterocycles. The van der Waals surface area contributed by atoms with Gasteiger partial charge in [0.2, 0.25) is 5.78 Å². The van der Waals surface area contributed by atoms with Crippen LogP contribution in [-0.4, -0.2) is 10.4 Å². The normalized spacial score (nSPS) is 12.6. The van der Waals surface area contributed by atoms with Crippen LogP contribution in [0.3, 0.4) is 0 Å². The van der Waals surface area contributed by atoms with Gasteiger partial charge in [-0.05, 0) is 48.9 Å². The van der Waals surface area contributed by atoms with Crippen molar-refractivity contribution >= 4 is 29.0 Å². The van der Waals surface area contributed by atoms with Gasteiger partial charge in [0.1, 0.15) is 12.0 Å². The summed E-state index contributed by atoms with van der Waals surface area (Å²) in [5.74, 6) is 0.821. The fourth-order valence-electron chi connectivity index (χ4n) is 3.41. The van der Waals surface area contributed by atoms with Crippen LogP contribution in [0.5, 0.6) is 0 Å². The lowest BCUT2D eigenvalue weighted by Crippen LogP contribution is -3.00. The molecule has 0 radical (unpaired) electrons. The number of hydrogen-bond donors (Lipinski definition) is 0. The molecule has 0 spiro atoms. The second kappa shape index (κ2) is 8.13. The average molecular weight is 470 g/mol. The third-order valence-electron chi connectivity index (χ3n) is 4.69. The Morgan fingerprint density at radius 1 is 1.11 bits per heavy atom. The van der Waals surface area contributed by atoms with Gasteiger partial charge in [-0.2, -0.15) is 0 Å². The van der Waals surface area contributed by atoms with Crippen molar-refractivity contribution in [2.75, 3.05) is 0 Å². The highest BCUT2D eigenvalue weighted by molar-refractivity contribution is 6.42. The number of ketones is 1. The molecule has 0 N–H and O–H groups in total. The van der Waals surface area contributed by atoms with E-state index in [1.807, 2.05) is 10.8 Å². The van der Waals surface area contributed by atoms with Crippen LogP contribution in [-0.2, 0) is 19.5 Å². The van der Waals surface area contributed by atoms with E-state index in [-0.39, 0.29) is 35.1 Å². The Kier molecular flexibility index (Phi) is 6.04. The van der Waals surface area contributed by atoms with E-state index in [9.17, 15) is 9.18 Å². The van der Waals surface area contributed by atoms with E-state index in [0.717, 1.165) is 36.5 Å². The van der Waals surface area contributed by atoms with E-state index < -0.39 is 0 Å². The first-order chi connectivity index (χ1) is 12.5. The van der Waals surface area contributed by atoms with Gasteiger partial charge < -0.3 is 17.0 Å². The molecule has 4 rings (SSSR count). The molecule has 3 nitrogen and oxygen atoms in total. The summed E-state index contributed by atoms with van der Waals surface area (Å²) in [6, 6.07) is 11.4. The van der Waals surface area contributed by atoms with E-state index in [2.05, 4.69) is 4.57 Å². The van der Waals surface area contributed by atoms with Crippen molar-refractivity contribution in [3.05, 3.63) is 75.9 Å². The third-order valence-corrected chi connectivity index (χ3v) is 5.43. The number of carbonyl (C=O) groups excluding carboxylic acids is 1. The summed E-state index contributed by atoms with van der Waals surface area (Å²) in [4.78, 5) is 12.7. The Hall–Kier alpha value is -1.69. The predicted octanol–water partition coefficient (Wildman–Crippen LogP) is 1.72. The Bertz CT molecular complexity index is 1000. The molecule has 140 valence electrons.